The maximum absolute atomic E-state index is 5.25. The van der Waals surface area contributed by atoms with Gasteiger partial charge in [0.2, 0.25) is 0 Å². The Kier molecular flexibility index (Phi) is 6.28. The summed E-state index contributed by atoms with van der Waals surface area (Å²) in [7, 11) is 0. The molecular weight excluding hydrogens is 607 g/mol. The van der Waals surface area contributed by atoms with Crippen LogP contribution < -0.4 is 0 Å². The van der Waals surface area contributed by atoms with Crippen molar-refractivity contribution in [2.75, 3.05) is 0 Å². The minimum Gasteiger partial charge on any atom is -0.208 e. The van der Waals surface area contributed by atoms with E-state index in [4.69, 9.17) is 15.0 Å². The number of hydrogen-bond acceptors (Lipinski definition) is 3. The van der Waals surface area contributed by atoms with E-state index in [1.54, 1.807) is 0 Å². The largest absolute Gasteiger partial charge is 0.208 e. The lowest BCUT2D eigenvalue weighted by Gasteiger charge is -2.21. The molecule has 0 bridgehead atoms. The summed E-state index contributed by atoms with van der Waals surface area (Å²) in [6, 6.07) is 56.6. The summed E-state index contributed by atoms with van der Waals surface area (Å²) in [6.45, 7) is 4.63. The van der Waals surface area contributed by atoms with Gasteiger partial charge in [-0.05, 0) is 73.0 Å². The van der Waals surface area contributed by atoms with Gasteiger partial charge in [0.05, 0.1) is 0 Å². The Morgan fingerprint density at radius 1 is 0.420 bits per heavy atom. The molecule has 0 fully saturated rings. The second-order valence-corrected chi connectivity index (χ2v) is 14.0. The monoisotopic (exact) mass is 639 g/mol. The molecule has 8 aromatic rings. The third kappa shape index (κ3) is 4.33. The molecule has 1 atom stereocenters. The molecule has 7 aromatic carbocycles. The molecule has 3 heteroatoms. The topological polar surface area (TPSA) is 38.7 Å². The zero-order chi connectivity index (χ0) is 33.4. The Morgan fingerprint density at radius 3 is 1.84 bits per heavy atom. The molecule has 10 rings (SSSR count). The van der Waals surface area contributed by atoms with Crippen molar-refractivity contribution in [1.29, 1.82) is 0 Å². The third-order valence-electron chi connectivity index (χ3n) is 10.8. The van der Waals surface area contributed by atoms with Crippen LogP contribution in [0.4, 0.5) is 0 Å². The average molecular weight is 640 g/mol. The molecule has 2 aliphatic carbocycles. The van der Waals surface area contributed by atoms with Crippen molar-refractivity contribution < 1.29 is 0 Å². The van der Waals surface area contributed by atoms with Crippen molar-refractivity contribution >= 4 is 10.8 Å². The average Bonchev–Trinajstić information content (AvgIpc) is 3.62. The van der Waals surface area contributed by atoms with Crippen LogP contribution in [0.1, 0.15) is 47.6 Å². The quantitative estimate of drug-likeness (QED) is 0.192. The fourth-order valence-corrected chi connectivity index (χ4v) is 8.37. The van der Waals surface area contributed by atoms with Crippen LogP contribution >= 0.6 is 0 Å². The van der Waals surface area contributed by atoms with E-state index in [9.17, 15) is 0 Å². The number of fused-ring (bicyclic) bond motifs is 7. The van der Waals surface area contributed by atoms with Crippen LogP contribution in [-0.2, 0) is 5.41 Å². The van der Waals surface area contributed by atoms with Crippen molar-refractivity contribution in [1.82, 2.24) is 15.0 Å². The first-order chi connectivity index (χ1) is 24.5. The number of hydrogen-bond donors (Lipinski definition) is 0. The standard InChI is InChI=1S/C47H33N3/c1-47(2)41-22-11-10-19-36(41)37-26-24-32(28-42(37)47)45-48-44(49-46(50-45)39-21-12-16-29-13-6-7-17-33(29)39)31-23-25-35-34-18-8-9-20-38(34)43(40(35)27-31)30-14-4-3-5-15-30/h3-28,43H,1-2H3. The van der Waals surface area contributed by atoms with E-state index in [-0.39, 0.29) is 11.3 Å². The van der Waals surface area contributed by atoms with E-state index in [0.29, 0.717) is 17.5 Å². The predicted molar refractivity (Wildman–Crippen MR) is 204 cm³/mol. The smallest absolute Gasteiger partial charge is 0.164 e. The zero-order valence-corrected chi connectivity index (χ0v) is 27.9. The highest BCUT2D eigenvalue weighted by Gasteiger charge is 2.35. The molecule has 2 aliphatic rings. The number of rotatable bonds is 4. The van der Waals surface area contributed by atoms with Crippen LogP contribution in [-0.4, -0.2) is 15.0 Å². The van der Waals surface area contributed by atoms with E-state index >= 15 is 0 Å². The lowest BCUT2D eigenvalue weighted by molar-refractivity contribution is 0.660. The molecule has 0 amide bonds. The fourth-order valence-electron chi connectivity index (χ4n) is 8.37. The number of benzene rings is 7. The minimum absolute atomic E-state index is 0.127. The normalized spacial score (nSPS) is 15.0. The van der Waals surface area contributed by atoms with Gasteiger partial charge in [0.25, 0.3) is 0 Å². The Balaban J connectivity index is 1.18. The number of nitrogens with zero attached hydrogens (tertiary/aromatic N) is 3. The highest BCUT2D eigenvalue weighted by atomic mass is 15.0. The van der Waals surface area contributed by atoms with Gasteiger partial charge in [0.1, 0.15) is 0 Å². The van der Waals surface area contributed by atoms with Crippen molar-refractivity contribution in [3.8, 4) is 56.4 Å². The molecule has 0 radical (unpaired) electrons. The van der Waals surface area contributed by atoms with Gasteiger partial charge in [-0.15, -0.1) is 0 Å². The SMILES string of the molecule is CC1(C)c2ccccc2-c2ccc(-c3nc(-c4ccc5c(c4)C(c4ccccc4)c4ccccc4-5)nc(-c4cccc5ccccc45)n3)cc21. The molecule has 1 aromatic heterocycles. The maximum Gasteiger partial charge on any atom is 0.164 e. The molecule has 236 valence electrons. The summed E-state index contributed by atoms with van der Waals surface area (Å²) in [5, 5.41) is 2.28. The van der Waals surface area contributed by atoms with E-state index in [1.165, 1.54) is 50.1 Å². The second kappa shape index (κ2) is 10.9. The molecular formula is C47H33N3. The molecule has 50 heavy (non-hydrogen) atoms. The molecule has 0 aliphatic heterocycles. The minimum atomic E-state index is -0.127. The van der Waals surface area contributed by atoms with Crippen molar-refractivity contribution in [3.05, 3.63) is 186 Å². The highest BCUT2D eigenvalue weighted by Crippen LogP contribution is 2.50. The van der Waals surface area contributed by atoms with Gasteiger partial charge >= 0.3 is 0 Å². The summed E-state index contributed by atoms with van der Waals surface area (Å²) in [5.74, 6) is 2.16. The van der Waals surface area contributed by atoms with E-state index in [1.807, 2.05) is 0 Å². The van der Waals surface area contributed by atoms with Gasteiger partial charge in [-0.2, -0.15) is 0 Å². The maximum atomic E-state index is 5.25. The van der Waals surface area contributed by atoms with Crippen molar-refractivity contribution in [3.63, 3.8) is 0 Å². The van der Waals surface area contributed by atoms with Crippen LogP contribution in [0, 0.1) is 0 Å². The second-order valence-electron chi connectivity index (χ2n) is 14.0. The Labute approximate surface area is 292 Å². The van der Waals surface area contributed by atoms with Gasteiger partial charge in [0, 0.05) is 28.0 Å². The van der Waals surface area contributed by atoms with Crippen molar-refractivity contribution in [2.24, 2.45) is 0 Å². The van der Waals surface area contributed by atoms with Gasteiger partial charge in [-0.3, -0.25) is 0 Å². The molecule has 0 saturated carbocycles. The predicted octanol–water partition coefficient (Wildman–Crippen LogP) is 11.5. The summed E-state index contributed by atoms with van der Waals surface area (Å²) >= 11 is 0. The molecule has 0 saturated heterocycles. The molecule has 0 N–H and O–H groups in total. The van der Waals surface area contributed by atoms with Crippen LogP contribution in [0.15, 0.2) is 158 Å². The third-order valence-corrected chi connectivity index (χ3v) is 10.8. The molecule has 3 nitrogen and oxygen atoms in total. The van der Waals surface area contributed by atoms with Crippen LogP contribution in [0.2, 0.25) is 0 Å². The van der Waals surface area contributed by atoms with Crippen LogP contribution in [0.3, 0.4) is 0 Å². The summed E-state index contributed by atoms with van der Waals surface area (Å²) in [5.41, 5.74) is 14.5. The van der Waals surface area contributed by atoms with E-state index < -0.39 is 0 Å². The zero-order valence-electron chi connectivity index (χ0n) is 27.9. The lowest BCUT2D eigenvalue weighted by atomic mass is 9.82. The van der Waals surface area contributed by atoms with Gasteiger partial charge in [0.15, 0.2) is 17.5 Å². The van der Waals surface area contributed by atoms with E-state index in [2.05, 4.69) is 172 Å². The fraction of sp³-hybridized carbons (Fsp3) is 0.0851. The van der Waals surface area contributed by atoms with Gasteiger partial charge < -0.3 is 0 Å². The Morgan fingerprint density at radius 2 is 1.00 bits per heavy atom. The van der Waals surface area contributed by atoms with E-state index in [0.717, 1.165) is 27.5 Å². The Hall–Kier alpha value is -6.19. The molecule has 0 spiro atoms. The molecule has 1 heterocycles. The van der Waals surface area contributed by atoms with Crippen LogP contribution in [0.25, 0.3) is 67.2 Å². The number of aromatic nitrogens is 3. The first kappa shape index (κ1) is 28.8. The van der Waals surface area contributed by atoms with Crippen LogP contribution in [0.5, 0.6) is 0 Å². The van der Waals surface area contributed by atoms with Crippen molar-refractivity contribution in [2.45, 2.75) is 25.2 Å². The van der Waals surface area contributed by atoms with Gasteiger partial charge in [-0.1, -0.05) is 159 Å². The Bertz CT molecular complexity index is 2630. The molecule has 1 unspecified atom stereocenters. The first-order valence-corrected chi connectivity index (χ1v) is 17.3. The lowest BCUT2D eigenvalue weighted by Crippen LogP contribution is -2.15. The van der Waals surface area contributed by atoms with Gasteiger partial charge in [-0.25, -0.2) is 15.0 Å². The highest BCUT2D eigenvalue weighted by molar-refractivity contribution is 5.95. The summed E-state index contributed by atoms with van der Waals surface area (Å²) < 4.78 is 0. The first-order valence-electron chi connectivity index (χ1n) is 17.3. The summed E-state index contributed by atoms with van der Waals surface area (Å²) in [4.78, 5) is 15.7. The summed E-state index contributed by atoms with van der Waals surface area (Å²) in [6.07, 6.45) is 0.